The quantitative estimate of drug-likeness (QED) is 0.791. The third-order valence-corrected chi connectivity index (χ3v) is 2.49. The van der Waals surface area contributed by atoms with Gasteiger partial charge in [0.15, 0.2) is 0 Å². The molecule has 1 N–H and O–H groups in total. The summed E-state index contributed by atoms with van der Waals surface area (Å²) in [7, 11) is 0. The Morgan fingerprint density at radius 1 is 1.33 bits per heavy atom. The van der Waals surface area contributed by atoms with Crippen LogP contribution in [0.3, 0.4) is 0 Å². The van der Waals surface area contributed by atoms with Crippen molar-refractivity contribution in [1.29, 1.82) is 0 Å². The van der Waals surface area contributed by atoms with Gasteiger partial charge in [-0.05, 0) is 38.4 Å². The number of benzene rings is 1. The van der Waals surface area contributed by atoms with Gasteiger partial charge in [-0.25, -0.2) is 0 Å². The predicted molar refractivity (Wildman–Crippen MR) is 68.1 cm³/mol. The Kier molecular flexibility index (Phi) is 4.57. The lowest BCUT2D eigenvalue weighted by Crippen LogP contribution is -2.14. The highest BCUT2D eigenvalue weighted by molar-refractivity contribution is 5.57. The summed E-state index contributed by atoms with van der Waals surface area (Å²) >= 11 is 0. The molecule has 0 saturated heterocycles. The van der Waals surface area contributed by atoms with Crippen molar-refractivity contribution in [2.75, 3.05) is 13.1 Å². The molecule has 0 spiro atoms. The van der Waals surface area contributed by atoms with Crippen molar-refractivity contribution in [2.45, 2.75) is 27.7 Å². The van der Waals surface area contributed by atoms with Crippen LogP contribution in [0.5, 0.6) is 0 Å². The number of hydrogen-bond acceptors (Lipinski definition) is 1. The zero-order valence-corrected chi connectivity index (χ0v) is 10.2. The maximum absolute atomic E-state index is 3.33. The summed E-state index contributed by atoms with van der Waals surface area (Å²) in [6, 6.07) is 6.58. The van der Waals surface area contributed by atoms with Crippen LogP contribution in [0.1, 0.15) is 30.5 Å². The highest BCUT2D eigenvalue weighted by atomic mass is 14.8. The van der Waals surface area contributed by atoms with Crippen LogP contribution >= 0.6 is 0 Å². The first-order valence-electron chi connectivity index (χ1n) is 5.58. The molecule has 0 heterocycles. The second-order valence-electron chi connectivity index (χ2n) is 4.13. The van der Waals surface area contributed by atoms with Crippen LogP contribution in [-0.4, -0.2) is 13.1 Å². The van der Waals surface area contributed by atoms with Gasteiger partial charge in [-0.3, -0.25) is 0 Å². The summed E-state index contributed by atoms with van der Waals surface area (Å²) in [4.78, 5) is 0. The highest BCUT2D eigenvalue weighted by Crippen LogP contribution is 2.14. The van der Waals surface area contributed by atoms with E-state index in [0.29, 0.717) is 0 Å². The van der Waals surface area contributed by atoms with Gasteiger partial charge < -0.3 is 5.32 Å². The summed E-state index contributed by atoms with van der Waals surface area (Å²) < 4.78 is 0. The molecule has 0 radical (unpaired) electrons. The molecule has 0 amide bonds. The number of rotatable bonds is 4. The van der Waals surface area contributed by atoms with Gasteiger partial charge in [0.1, 0.15) is 0 Å². The van der Waals surface area contributed by atoms with Crippen LogP contribution in [0.25, 0.3) is 6.08 Å². The Morgan fingerprint density at radius 3 is 2.73 bits per heavy atom. The van der Waals surface area contributed by atoms with E-state index in [1.165, 1.54) is 22.3 Å². The molecular weight excluding hydrogens is 182 g/mol. The van der Waals surface area contributed by atoms with Gasteiger partial charge in [0.25, 0.3) is 0 Å². The minimum atomic E-state index is 0.976. The minimum Gasteiger partial charge on any atom is -0.313 e. The Labute approximate surface area is 93.2 Å². The number of aryl methyl sites for hydroxylation is 2. The third-order valence-electron chi connectivity index (χ3n) is 2.49. The van der Waals surface area contributed by atoms with Gasteiger partial charge >= 0.3 is 0 Å². The average molecular weight is 203 g/mol. The fourth-order valence-electron chi connectivity index (χ4n) is 1.55. The van der Waals surface area contributed by atoms with Crippen LogP contribution < -0.4 is 5.32 Å². The predicted octanol–water partition coefficient (Wildman–Crippen LogP) is 3.32. The monoisotopic (exact) mass is 203 g/mol. The Hall–Kier alpha value is -1.08. The summed E-state index contributed by atoms with van der Waals surface area (Å²) in [5, 5.41) is 3.33. The molecular formula is C14H21N. The average Bonchev–Trinajstić information content (AvgIpc) is 2.20. The third kappa shape index (κ3) is 3.88. The molecule has 0 aliphatic rings. The van der Waals surface area contributed by atoms with Crippen LogP contribution in [0.2, 0.25) is 0 Å². The molecule has 0 fully saturated rings. The molecule has 0 aliphatic carbocycles. The van der Waals surface area contributed by atoms with Crippen molar-refractivity contribution in [3.8, 4) is 0 Å². The number of nitrogens with one attached hydrogen (secondary N) is 1. The van der Waals surface area contributed by atoms with Crippen molar-refractivity contribution < 1.29 is 0 Å². The van der Waals surface area contributed by atoms with Gasteiger partial charge in [0.2, 0.25) is 0 Å². The van der Waals surface area contributed by atoms with E-state index in [1.54, 1.807) is 0 Å². The van der Waals surface area contributed by atoms with E-state index >= 15 is 0 Å². The topological polar surface area (TPSA) is 12.0 Å². The lowest BCUT2D eigenvalue weighted by molar-refractivity contribution is 0.778. The fourth-order valence-corrected chi connectivity index (χ4v) is 1.55. The zero-order chi connectivity index (χ0) is 11.3. The van der Waals surface area contributed by atoms with Gasteiger partial charge in [-0.2, -0.15) is 0 Å². The largest absolute Gasteiger partial charge is 0.313 e. The molecule has 1 heteroatoms. The molecule has 0 bridgehead atoms. The summed E-state index contributed by atoms with van der Waals surface area (Å²) in [6.07, 6.45) is 2.27. The van der Waals surface area contributed by atoms with Gasteiger partial charge in [0.05, 0.1) is 0 Å². The van der Waals surface area contributed by atoms with Crippen LogP contribution in [0.15, 0.2) is 23.8 Å². The first-order valence-corrected chi connectivity index (χ1v) is 5.58. The molecule has 1 rings (SSSR count). The van der Waals surface area contributed by atoms with E-state index < -0.39 is 0 Å². The van der Waals surface area contributed by atoms with Crippen LogP contribution in [0.4, 0.5) is 0 Å². The Bertz CT molecular complexity index is 350. The summed E-state index contributed by atoms with van der Waals surface area (Å²) in [5.74, 6) is 0. The van der Waals surface area contributed by atoms with E-state index in [2.05, 4.69) is 57.3 Å². The second kappa shape index (κ2) is 5.72. The highest BCUT2D eigenvalue weighted by Gasteiger charge is 1.96. The lowest BCUT2D eigenvalue weighted by atomic mass is 10.0. The van der Waals surface area contributed by atoms with E-state index in [0.717, 1.165) is 13.1 Å². The minimum absolute atomic E-state index is 0.976. The molecule has 1 aromatic carbocycles. The first-order chi connectivity index (χ1) is 7.13. The molecule has 0 unspecified atom stereocenters. The van der Waals surface area contributed by atoms with E-state index in [-0.39, 0.29) is 0 Å². The maximum Gasteiger partial charge on any atom is 0.0165 e. The van der Waals surface area contributed by atoms with Crippen molar-refractivity contribution in [2.24, 2.45) is 0 Å². The lowest BCUT2D eigenvalue weighted by Gasteiger charge is -2.05. The first kappa shape index (κ1) is 12.0. The zero-order valence-electron chi connectivity index (χ0n) is 10.2. The molecule has 0 aliphatic heterocycles. The molecule has 0 aromatic heterocycles. The van der Waals surface area contributed by atoms with Gasteiger partial charge in [-0.1, -0.05) is 42.3 Å². The van der Waals surface area contributed by atoms with E-state index in [9.17, 15) is 0 Å². The maximum atomic E-state index is 3.33. The van der Waals surface area contributed by atoms with E-state index in [1.807, 2.05) is 0 Å². The van der Waals surface area contributed by atoms with Gasteiger partial charge in [-0.15, -0.1) is 0 Å². The molecule has 1 nitrogen and oxygen atoms in total. The van der Waals surface area contributed by atoms with Crippen LogP contribution in [0, 0.1) is 13.8 Å². The molecule has 82 valence electrons. The molecule has 0 atom stereocenters. The fraction of sp³-hybridized carbons (Fsp3) is 0.429. The Morgan fingerprint density at radius 2 is 2.07 bits per heavy atom. The smallest absolute Gasteiger partial charge is 0.0165 e. The van der Waals surface area contributed by atoms with E-state index in [4.69, 9.17) is 0 Å². The second-order valence-corrected chi connectivity index (χ2v) is 4.13. The summed E-state index contributed by atoms with van der Waals surface area (Å²) in [5.41, 5.74) is 5.38. The Balaban J connectivity index is 2.82. The van der Waals surface area contributed by atoms with Crippen molar-refractivity contribution >= 4 is 6.08 Å². The van der Waals surface area contributed by atoms with Crippen molar-refractivity contribution in [1.82, 2.24) is 5.32 Å². The van der Waals surface area contributed by atoms with Crippen LogP contribution in [-0.2, 0) is 0 Å². The van der Waals surface area contributed by atoms with Gasteiger partial charge in [0, 0.05) is 6.54 Å². The molecule has 1 aromatic rings. The molecule has 0 saturated carbocycles. The molecule has 15 heavy (non-hydrogen) atoms. The van der Waals surface area contributed by atoms with Crippen molar-refractivity contribution in [3.05, 3.63) is 40.5 Å². The van der Waals surface area contributed by atoms with Crippen molar-refractivity contribution in [3.63, 3.8) is 0 Å². The normalized spacial score (nSPS) is 11.9. The SMILES string of the molecule is CCNCC(C)=Cc1cc(C)ccc1C. The number of hydrogen-bond donors (Lipinski definition) is 1. The number of likely N-dealkylation sites (N-methyl/N-ethyl adjacent to an activating group) is 1. The summed E-state index contributed by atoms with van der Waals surface area (Å²) in [6.45, 7) is 10.6. The standard InChI is InChI=1S/C14H21N/c1-5-15-10-12(3)9-14-8-11(2)6-7-13(14)4/h6-9,15H,5,10H2,1-4H3.